The molecule has 2 amide bonds. The number of nitrogens with zero attached hydrogens (tertiary/aromatic N) is 1. The molecule has 1 aliphatic heterocycles. The third-order valence-electron chi connectivity index (χ3n) is 4.96. The second-order valence-electron chi connectivity index (χ2n) is 7.07. The van der Waals surface area contributed by atoms with Crippen LogP contribution >= 0.6 is 11.3 Å². The van der Waals surface area contributed by atoms with E-state index in [9.17, 15) is 23.2 Å². The molecule has 1 aromatic heterocycles. The standard InChI is InChI=1S/C21H22F2N2O4S/c1-13(19(26)24-12-16-3-2-10-30-16)29-21(28)14-6-8-25(9-7-14)20(27)17-5-4-15(22)11-18(17)23/h2-5,10-11,13-14H,6-9,12H2,1H3,(H,24,26)/t13-/m1/s1. The number of ether oxygens (including phenoxy) is 1. The predicted molar refractivity (Wildman–Crippen MR) is 107 cm³/mol. The molecular formula is C21H22F2N2O4S. The summed E-state index contributed by atoms with van der Waals surface area (Å²) < 4.78 is 32.1. The molecule has 0 spiro atoms. The normalized spacial score (nSPS) is 15.5. The predicted octanol–water partition coefficient (Wildman–Crippen LogP) is 3.13. The van der Waals surface area contributed by atoms with Crippen molar-refractivity contribution in [2.75, 3.05) is 13.1 Å². The van der Waals surface area contributed by atoms with Crippen LogP contribution in [-0.4, -0.2) is 41.9 Å². The van der Waals surface area contributed by atoms with Gasteiger partial charge in [0.05, 0.1) is 18.0 Å². The Morgan fingerprint density at radius 2 is 1.97 bits per heavy atom. The van der Waals surface area contributed by atoms with Crippen LogP contribution < -0.4 is 5.32 Å². The van der Waals surface area contributed by atoms with Crippen molar-refractivity contribution >= 4 is 29.1 Å². The number of nitrogens with one attached hydrogen (secondary N) is 1. The lowest BCUT2D eigenvalue weighted by molar-refractivity contribution is -0.160. The largest absolute Gasteiger partial charge is 0.452 e. The van der Waals surface area contributed by atoms with Crippen LogP contribution in [-0.2, 0) is 20.9 Å². The first kappa shape index (κ1) is 21.9. The lowest BCUT2D eigenvalue weighted by Crippen LogP contribution is -2.42. The van der Waals surface area contributed by atoms with Crippen molar-refractivity contribution in [3.63, 3.8) is 0 Å². The summed E-state index contributed by atoms with van der Waals surface area (Å²) in [4.78, 5) is 39.4. The highest BCUT2D eigenvalue weighted by Crippen LogP contribution is 2.22. The molecule has 3 rings (SSSR count). The summed E-state index contributed by atoms with van der Waals surface area (Å²) in [6, 6.07) is 6.60. The monoisotopic (exact) mass is 436 g/mol. The molecule has 1 aliphatic rings. The zero-order valence-corrected chi connectivity index (χ0v) is 17.2. The molecule has 0 saturated carbocycles. The van der Waals surface area contributed by atoms with E-state index < -0.39 is 35.5 Å². The van der Waals surface area contributed by atoms with Gasteiger partial charge in [0, 0.05) is 24.0 Å². The van der Waals surface area contributed by atoms with Crippen LogP contribution in [0.2, 0.25) is 0 Å². The Hall–Kier alpha value is -2.81. The van der Waals surface area contributed by atoms with Crippen LogP contribution in [0.15, 0.2) is 35.7 Å². The smallest absolute Gasteiger partial charge is 0.309 e. The Labute approximate surface area is 176 Å². The average molecular weight is 436 g/mol. The molecule has 0 unspecified atom stereocenters. The first-order valence-electron chi connectivity index (χ1n) is 9.60. The van der Waals surface area contributed by atoms with Crippen molar-refractivity contribution in [2.45, 2.75) is 32.4 Å². The van der Waals surface area contributed by atoms with E-state index in [1.165, 1.54) is 23.2 Å². The second-order valence-corrected chi connectivity index (χ2v) is 8.10. The maximum absolute atomic E-state index is 13.8. The molecule has 0 bridgehead atoms. The highest BCUT2D eigenvalue weighted by Gasteiger charge is 2.31. The Morgan fingerprint density at radius 3 is 2.60 bits per heavy atom. The topological polar surface area (TPSA) is 75.7 Å². The van der Waals surface area contributed by atoms with Crippen molar-refractivity contribution in [3.8, 4) is 0 Å². The first-order chi connectivity index (χ1) is 14.3. The third kappa shape index (κ3) is 5.41. The van der Waals surface area contributed by atoms with Crippen molar-refractivity contribution in [1.29, 1.82) is 0 Å². The van der Waals surface area contributed by atoms with Crippen LogP contribution in [0.1, 0.15) is 35.0 Å². The maximum Gasteiger partial charge on any atom is 0.309 e. The van der Waals surface area contributed by atoms with Gasteiger partial charge in [-0.3, -0.25) is 14.4 Å². The van der Waals surface area contributed by atoms with Gasteiger partial charge in [0.1, 0.15) is 11.6 Å². The molecule has 1 N–H and O–H groups in total. The number of likely N-dealkylation sites (tertiary alicyclic amines) is 1. The van der Waals surface area contributed by atoms with Crippen LogP contribution in [0, 0.1) is 17.6 Å². The number of rotatable bonds is 6. The van der Waals surface area contributed by atoms with Gasteiger partial charge in [0.25, 0.3) is 11.8 Å². The minimum atomic E-state index is -0.926. The number of benzene rings is 1. The van der Waals surface area contributed by atoms with Crippen LogP contribution in [0.4, 0.5) is 8.78 Å². The summed E-state index contributed by atoms with van der Waals surface area (Å²) in [5.74, 6) is -3.52. The van der Waals surface area contributed by atoms with E-state index >= 15 is 0 Å². The van der Waals surface area contributed by atoms with Crippen LogP contribution in [0.3, 0.4) is 0 Å². The fourth-order valence-corrected chi connectivity index (χ4v) is 3.85. The SMILES string of the molecule is C[C@@H](OC(=O)C1CCN(C(=O)c2ccc(F)cc2F)CC1)C(=O)NCc1cccs1. The molecule has 0 radical (unpaired) electrons. The van der Waals surface area contributed by atoms with Gasteiger partial charge in [-0.1, -0.05) is 6.07 Å². The van der Waals surface area contributed by atoms with Crippen molar-refractivity contribution in [3.05, 3.63) is 57.8 Å². The van der Waals surface area contributed by atoms with Crippen molar-refractivity contribution in [1.82, 2.24) is 10.2 Å². The fourth-order valence-electron chi connectivity index (χ4n) is 3.21. The Morgan fingerprint density at radius 1 is 1.23 bits per heavy atom. The molecule has 1 fully saturated rings. The average Bonchev–Trinajstić information content (AvgIpc) is 3.25. The van der Waals surface area contributed by atoms with Gasteiger partial charge < -0.3 is 15.0 Å². The van der Waals surface area contributed by atoms with E-state index in [2.05, 4.69) is 5.32 Å². The summed E-state index contributed by atoms with van der Waals surface area (Å²) in [6.45, 7) is 2.37. The number of amides is 2. The highest BCUT2D eigenvalue weighted by molar-refractivity contribution is 7.09. The van der Waals surface area contributed by atoms with Gasteiger partial charge in [0.2, 0.25) is 0 Å². The lowest BCUT2D eigenvalue weighted by Gasteiger charge is -2.31. The molecular weight excluding hydrogens is 414 g/mol. The van der Waals surface area contributed by atoms with Gasteiger partial charge in [-0.25, -0.2) is 8.78 Å². The number of carbonyl (C=O) groups is 3. The fraction of sp³-hybridized carbons (Fsp3) is 0.381. The molecule has 2 aromatic rings. The molecule has 0 aliphatic carbocycles. The third-order valence-corrected chi connectivity index (χ3v) is 5.83. The quantitative estimate of drug-likeness (QED) is 0.706. The number of hydrogen-bond donors (Lipinski definition) is 1. The number of hydrogen-bond acceptors (Lipinski definition) is 5. The summed E-state index contributed by atoms with van der Waals surface area (Å²) in [7, 11) is 0. The van der Waals surface area contributed by atoms with Gasteiger partial charge in [-0.15, -0.1) is 11.3 Å². The van der Waals surface area contributed by atoms with E-state index in [-0.39, 0.29) is 24.6 Å². The molecule has 6 nitrogen and oxygen atoms in total. The minimum absolute atomic E-state index is 0.200. The summed E-state index contributed by atoms with van der Waals surface area (Å²) in [6.07, 6.45) is -0.237. The summed E-state index contributed by atoms with van der Waals surface area (Å²) >= 11 is 1.52. The van der Waals surface area contributed by atoms with Gasteiger partial charge >= 0.3 is 5.97 Å². The minimum Gasteiger partial charge on any atom is -0.452 e. The lowest BCUT2D eigenvalue weighted by atomic mass is 9.96. The Bertz CT molecular complexity index is 912. The van der Waals surface area contributed by atoms with E-state index in [0.29, 0.717) is 25.5 Å². The summed E-state index contributed by atoms with van der Waals surface area (Å²) in [5, 5.41) is 4.63. The number of piperidine rings is 1. The van der Waals surface area contributed by atoms with Gasteiger partial charge in [-0.05, 0) is 43.3 Å². The highest BCUT2D eigenvalue weighted by atomic mass is 32.1. The van der Waals surface area contributed by atoms with Gasteiger partial charge in [0.15, 0.2) is 6.10 Å². The van der Waals surface area contributed by atoms with Crippen LogP contribution in [0.5, 0.6) is 0 Å². The Balaban J connectivity index is 1.46. The number of esters is 1. The second kappa shape index (κ2) is 9.80. The van der Waals surface area contributed by atoms with E-state index in [4.69, 9.17) is 4.74 Å². The molecule has 2 heterocycles. The van der Waals surface area contributed by atoms with Crippen molar-refractivity contribution < 1.29 is 27.9 Å². The van der Waals surface area contributed by atoms with Gasteiger partial charge in [-0.2, -0.15) is 0 Å². The zero-order chi connectivity index (χ0) is 21.7. The summed E-state index contributed by atoms with van der Waals surface area (Å²) in [5.41, 5.74) is -0.200. The van der Waals surface area contributed by atoms with E-state index in [1.54, 1.807) is 0 Å². The molecule has 160 valence electrons. The zero-order valence-electron chi connectivity index (χ0n) is 16.4. The number of halogens is 2. The number of thiophene rings is 1. The maximum atomic E-state index is 13.8. The molecule has 30 heavy (non-hydrogen) atoms. The molecule has 1 saturated heterocycles. The van der Waals surface area contributed by atoms with E-state index in [0.717, 1.165) is 17.0 Å². The van der Waals surface area contributed by atoms with Crippen molar-refractivity contribution in [2.24, 2.45) is 5.92 Å². The molecule has 1 atom stereocenters. The Kier molecular flexibility index (Phi) is 7.15. The molecule has 1 aromatic carbocycles. The van der Waals surface area contributed by atoms with E-state index in [1.807, 2.05) is 17.5 Å². The first-order valence-corrected chi connectivity index (χ1v) is 10.5. The van der Waals surface area contributed by atoms with Crippen LogP contribution in [0.25, 0.3) is 0 Å². The molecule has 9 heteroatoms. The number of carbonyl (C=O) groups excluding carboxylic acids is 3.